The number of amides is 1. The molecule has 2 rings (SSSR count). The molecule has 0 bridgehead atoms. The van der Waals surface area contributed by atoms with Gasteiger partial charge in [0.15, 0.2) is 9.84 Å². The highest BCUT2D eigenvalue weighted by molar-refractivity contribution is 7.90. The molecule has 0 heterocycles. The van der Waals surface area contributed by atoms with Crippen LogP contribution in [0.5, 0.6) is 0 Å². The lowest BCUT2D eigenvalue weighted by Gasteiger charge is -2.17. The van der Waals surface area contributed by atoms with Gasteiger partial charge in [0.25, 0.3) is 5.91 Å². The fraction of sp³-hybridized carbons (Fsp3) is 0.278. The highest BCUT2D eigenvalue weighted by Crippen LogP contribution is 2.18. The van der Waals surface area contributed by atoms with Gasteiger partial charge >= 0.3 is 0 Å². The van der Waals surface area contributed by atoms with Crippen LogP contribution in [-0.2, 0) is 9.84 Å². The van der Waals surface area contributed by atoms with E-state index in [9.17, 15) is 13.2 Å². The quantitative estimate of drug-likeness (QED) is 0.904. The van der Waals surface area contributed by atoms with Gasteiger partial charge in [0.05, 0.1) is 10.9 Å². The molecule has 2 aromatic carbocycles. The fourth-order valence-electron chi connectivity index (χ4n) is 2.29. The van der Waals surface area contributed by atoms with E-state index < -0.39 is 9.84 Å². The number of carbonyl (C=O) groups excluding carboxylic acids is 1. The van der Waals surface area contributed by atoms with Crippen molar-refractivity contribution < 1.29 is 13.2 Å². The Morgan fingerprint density at radius 3 is 2.25 bits per heavy atom. The predicted molar refractivity (Wildman–Crippen MR) is 96.2 cm³/mol. The van der Waals surface area contributed by atoms with Crippen LogP contribution in [0.25, 0.3) is 0 Å². The summed E-state index contributed by atoms with van der Waals surface area (Å²) in [6.07, 6.45) is 1.17. The number of anilines is 1. The highest BCUT2D eigenvalue weighted by atomic mass is 32.2. The molecule has 0 saturated carbocycles. The standard InChI is InChI=1S/C18H22N2O3S/c1-13(14-8-10-17(11-9-14)24(4,22)23)19-18(21)15-6-5-7-16(12-15)20(2)3/h5-13H,1-4H3,(H,19,21)/t13-/m1/s1. The summed E-state index contributed by atoms with van der Waals surface area (Å²) in [5.74, 6) is -0.168. The van der Waals surface area contributed by atoms with Crippen LogP contribution in [0.2, 0.25) is 0 Å². The third-order valence-electron chi connectivity index (χ3n) is 3.78. The van der Waals surface area contributed by atoms with Crippen molar-refractivity contribution in [1.82, 2.24) is 5.32 Å². The second kappa shape index (κ2) is 7.05. The van der Waals surface area contributed by atoms with Crippen LogP contribution >= 0.6 is 0 Å². The van der Waals surface area contributed by atoms with Crippen molar-refractivity contribution in [2.45, 2.75) is 17.9 Å². The van der Waals surface area contributed by atoms with Crippen LogP contribution < -0.4 is 10.2 Å². The van der Waals surface area contributed by atoms with E-state index in [4.69, 9.17) is 0 Å². The Kier molecular flexibility index (Phi) is 5.29. The first-order valence-electron chi connectivity index (χ1n) is 7.57. The summed E-state index contributed by atoms with van der Waals surface area (Å²) in [6.45, 7) is 1.86. The smallest absolute Gasteiger partial charge is 0.251 e. The molecule has 0 spiro atoms. The van der Waals surface area contributed by atoms with Crippen LogP contribution in [0.3, 0.4) is 0 Å². The number of sulfone groups is 1. The summed E-state index contributed by atoms with van der Waals surface area (Å²) >= 11 is 0. The largest absolute Gasteiger partial charge is 0.378 e. The molecule has 0 aromatic heterocycles. The van der Waals surface area contributed by atoms with Gasteiger partial charge in [-0.15, -0.1) is 0 Å². The minimum absolute atomic E-state index is 0.168. The summed E-state index contributed by atoms with van der Waals surface area (Å²) < 4.78 is 23.0. The molecule has 6 heteroatoms. The average Bonchev–Trinajstić information content (AvgIpc) is 2.54. The zero-order valence-electron chi connectivity index (χ0n) is 14.3. The molecule has 0 fully saturated rings. The molecule has 1 amide bonds. The van der Waals surface area contributed by atoms with E-state index in [1.165, 1.54) is 6.26 Å². The topological polar surface area (TPSA) is 66.5 Å². The molecular weight excluding hydrogens is 324 g/mol. The number of nitrogens with zero attached hydrogens (tertiary/aromatic N) is 1. The summed E-state index contributed by atoms with van der Waals surface area (Å²) in [5, 5.41) is 2.93. The van der Waals surface area contributed by atoms with Crippen LogP contribution in [0.15, 0.2) is 53.4 Å². The molecule has 0 saturated heterocycles. The molecule has 2 aromatic rings. The lowest BCUT2D eigenvalue weighted by atomic mass is 10.1. The highest BCUT2D eigenvalue weighted by Gasteiger charge is 2.13. The van der Waals surface area contributed by atoms with E-state index in [1.807, 2.05) is 44.1 Å². The van der Waals surface area contributed by atoms with Gasteiger partial charge in [0, 0.05) is 31.6 Å². The number of hydrogen-bond acceptors (Lipinski definition) is 4. The minimum Gasteiger partial charge on any atom is -0.378 e. The number of benzene rings is 2. The first kappa shape index (κ1) is 18.0. The van der Waals surface area contributed by atoms with Crippen LogP contribution in [0, 0.1) is 0 Å². The van der Waals surface area contributed by atoms with Gasteiger partial charge in [0.1, 0.15) is 0 Å². The zero-order valence-corrected chi connectivity index (χ0v) is 15.1. The molecule has 0 aliphatic heterocycles. The van der Waals surface area contributed by atoms with Gasteiger partial charge < -0.3 is 10.2 Å². The molecule has 128 valence electrons. The summed E-state index contributed by atoms with van der Waals surface area (Å²) in [5.41, 5.74) is 2.38. The summed E-state index contributed by atoms with van der Waals surface area (Å²) in [7, 11) is 0.623. The van der Waals surface area contributed by atoms with E-state index in [1.54, 1.807) is 30.3 Å². The number of hydrogen-bond donors (Lipinski definition) is 1. The van der Waals surface area contributed by atoms with Crippen molar-refractivity contribution >= 4 is 21.4 Å². The Labute approximate surface area is 143 Å². The van der Waals surface area contributed by atoms with Crippen LogP contribution in [-0.4, -0.2) is 34.7 Å². The van der Waals surface area contributed by atoms with Crippen molar-refractivity contribution in [2.24, 2.45) is 0 Å². The van der Waals surface area contributed by atoms with Gasteiger partial charge in [0.2, 0.25) is 0 Å². The Balaban J connectivity index is 2.13. The van der Waals surface area contributed by atoms with Crippen LogP contribution in [0.4, 0.5) is 5.69 Å². The van der Waals surface area contributed by atoms with E-state index in [0.717, 1.165) is 11.3 Å². The van der Waals surface area contributed by atoms with E-state index in [-0.39, 0.29) is 16.8 Å². The minimum atomic E-state index is -3.22. The van der Waals surface area contributed by atoms with Crippen molar-refractivity contribution in [3.05, 3.63) is 59.7 Å². The fourth-order valence-corrected chi connectivity index (χ4v) is 2.92. The van der Waals surface area contributed by atoms with E-state index >= 15 is 0 Å². The molecule has 0 unspecified atom stereocenters. The van der Waals surface area contributed by atoms with Crippen molar-refractivity contribution in [3.63, 3.8) is 0 Å². The Morgan fingerprint density at radius 1 is 1.08 bits per heavy atom. The van der Waals surface area contributed by atoms with Crippen LogP contribution in [0.1, 0.15) is 28.9 Å². The third-order valence-corrected chi connectivity index (χ3v) is 4.91. The second-order valence-corrected chi connectivity index (χ2v) is 8.00. The van der Waals surface area contributed by atoms with Crippen molar-refractivity contribution in [3.8, 4) is 0 Å². The zero-order chi connectivity index (χ0) is 17.9. The maximum absolute atomic E-state index is 12.4. The number of rotatable bonds is 5. The first-order chi connectivity index (χ1) is 11.2. The van der Waals surface area contributed by atoms with E-state index in [2.05, 4.69) is 5.32 Å². The lowest BCUT2D eigenvalue weighted by molar-refractivity contribution is 0.0940. The molecule has 0 aliphatic carbocycles. The Bertz CT molecular complexity index is 828. The molecule has 1 atom stereocenters. The maximum atomic E-state index is 12.4. The molecule has 0 aliphatic rings. The monoisotopic (exact) mass is 346 g/mol. The molecule has 24 heavy (non-hydrogen) atoms. The van der Waals surface area contributed by atoms with Gasteiger partial charge in [-0.25, -0.2) is 8.42 Å². The SMILES string of the molecule is C[C@@H](NC(=O)c1cccc(N(C)C)c1)c1ccc(S(C)(=O)=O)cc1. The Hall–Kier alpha value is -2.34. The molecule has 5 nitrogen and oxygen atoms in total. The number of nitrogens with one attached hydrogen (secondary N) is 1. The van der Waals surface area contributed by atoms with Gasteiger partial charge in [-0.2, -0.15) is 0 Å². The maximum Gasteiger partial charge on any atom is 0.251 e. The average molecular weight is 346 g/mol. The molecule has 0 radical (unpaired) electrons. The first-order valence-corrected chi connectivity index (χ1v) is 9.46. The normalized spacial score (nSPS) is 12.5. The molecule has 1 N–H and O–H groups in total. The summed E-state index contributed by atoms with van der Waals surface area (Å²) in [6, 6.07) is 13.7. The lowest BCUT2D eigenvalue weighted by Crippen LogP contribution is -2.26. The molecular formula is C18H22N2O3S. The number of carbonyl (C=O) groups is 1. The van der Waals surface area contributed by atoms with Gasteiger partial charge in [-0.05, 0) is 42.8 Å². The third kappa shape index (κ3) is 4.35. The second-order valence-electron chi connectivity index (χ2n) is 5.98. The van der Waals surface area contributed by atoms with Gasteiger partial charge in [-0.1, -0.05) is 18.2 Å². The van der Waals surface area contributed by atoms with Crippen molar-refractivity contribution in [2.75, 3.05) is 25.3 Å². The Morgan fingerprint density at radius 2 is 1.71 bits per heavy atom. The summed E-state index contributed by atoms with van der Waals surface area (Å²) in [4.78, 5) is 14.6. The predicted octanol–water partition coefficient (Wildman–Crippen LogP) is 2.65. The van der Waals surface area contributed by atoms with Gasteiger partial charge in [-0.3, -0.25) is 4.79 Å². The van der Waals surface area contributed by atoms with E-state index in [0.29, 0.717) is 5.56 Å². The van der Waals surface area contributed by atoms with Crippen molar-refractivity contribution in [1.29, 1.82) is 0 Å².